The lowest BCUT2D eigenvalue weighted by molar-refractivity contribution is -0.115. The van der Waals surface area contributed by atoms with Crippen molar-refractivity contribution in [2.75, 3.05) is 5.32 Å². The Hall–Kier alpha value is -0.840. The molecule has 0 aromatic carbocycles. The zero-order valence-corrected chi connectivity index (χ0v) is 9.42. The summed E-state index contributed by atoms with van der Waals surface area (Å²) in [4.78, 5) is 11.1. The maximum atomic E-state index is 11.3. The van der Waals surface area contributed by atoms with Crippen LogP contribution in [0.5, 0.6) is 0 Å². The predicted octanol–water partition coefficient (Wildman–Crippen LogP) is 1.45. The number of hydrogen-bond acceptors (Lipinski definition) is 2. The van der Waals surface area contributed by atoms with Crippen LogP contribution in [0.15, 0.2) is 6.07 Å². The summed E-state index contributed by atoms with van der Waals surface area (Å²) in [7, 11) is 1.79. The van der Waals surface area contributed by atoms with Gasteiger partial charge in [-0.05, 0) is 13.8 Å². The molecule has 1 amide bonds. The molecule has 1 heterocycles. The van der Waals surface area contributed by atoms with E-state index in [0.29, 0.717) is 5.82 Å². The van der Waals surface area contributed by atoms with Crippen LogP contribution in [0.1, 0.15) is 12.6 Å². The van der Waals surface area contributed by atoms with Gasteiger partial charge in [-0.25, -0.2) is 0 Å². The van der Waals surface area contributed by atoms with Gasteiger partial charge in [0.25, 0.3) is 0 Å². The fourth-order valence-electron chi connectivity index (χ4n) is 0.953. The molecule has 0 saturated heterocycles. The summed E-state index contributed by atoms with van der Waals surface area (Å²) in [6.07, 6.45) is 0. The van der Waals surface area contributed by atoms with Crippen molar-refractivity contribution in [3.8, 4) is 0 Å². The first-order valence-electron chi connectivity index (χ1n) is 3.96. The van der Waals surface area contributed by atoms with E-state index in [-0.39, 0.29) is 10.7 Å². The highest BCUT2D eigenvalue weighted by Crippen LogP contribution is 2.09. The first-order chi connectivity index (χ1) is 6.00. The smallest absolute Gasteiger partial charge is 0.239 e. The van der Waals surface area contributed by atoms with Gasteiger partial charge >= 0.3 is 0 Å². The molecule has 0 bridgehead atoms. The quantitative estimate of drug-likeness (QED) is 0.803. The molecule has 0 saturated carbocycles. The molecule has 1 unspecified atom stereocenters. The number of aromatic nitrogens is 2. The van der Waals surface area contributed by atoms with Crippen molar-refractivity contribution in [3.05, 3.63) is 11.8 Å². The van der Waals surface area contributed by atoms with Gasteiger partial charge in [-0.3, -0.25) is 9.48 Å². The summed E-state index contributed by atoms with van der Waals surface area (Å²) >= 11 is 3.19. The molecular weight excluding hydrogens is 234 g/mol. The number of amides is 1. The third-order valence-electron chi connectivity index (χ3n) is 1.61. The zero-order chi connectivity index (χ0) is 10.0. The van der Waals surface area contributed by atoms with E-state index in [4.69, 9.17) is 0 Å². The minimum absolute atomic E-state index is 0.0667. The van der Waals surface area contributed by atoms with Gasteiger partial charge in [-0.15, -0.1) is 0 Å². The van der Waals surface area contributed by atoms with Gasteiger partial charge < -0.3 is 5.32 Å². The molecule has 0 aliphatic carbocycles. The maximum Gasteiger partial charge on any atom is 0.239 e. The Bertz CT molecular complexity index is 319. The Balaban J connectivity index is 2.74. The molecule has 0 aliphatic heterocycles. The fraction of sp³-hybridized carbons (Fsp3) is 0.500. The van der Waals surface area contributed by atoms with E-state index in [2.05, 4.69) is 26.3 Å². The van der Waals surface area contributed by atoms with Crippen LogP contribution in [0.3, 0.4) is 0 Å². The van der Waals surface area contributed by atoms with Crippen molar-refractivity contribution in [2.24, 2.45) is 7.05 Å². The van der Waals surface area contributed by atoms with Crippen LogP contribution in [0, 0.1) is 6.92 Å². The summed E-state index contributed by atoms with van der Waals surface area (Å²) in [6.45, 7) is 3.66. The maximum absolute atomic E-state index is 11.3. The first kappa shape index (κ1) is 10.2. The standard InChI is InChI=1S/C8H12BrN3O/c1-5-4-7(12(3)11-5)10-8(13)6(2)9/h4,6H,1-3H3,(H,10,13). The third-order valence-corrected chi connectivity index (χ3v) is 2.03. The largest absolute Gasteiger partial charge is 0.310 e. The van der Waals surface area contributed by atoms with Crippen LogP contribution in [0.25, 0.3) is 0 Å². The minimum atomic E-state index is -0.192. The Kier molecular flexibility index (Phi) is 3.08. The van der Waals surface area contributed by atoms with Crippen LogP contribution in [-0.2, 0) is 11.8 Å². The van der Waals surface area contributed by atoms with Gasteiger partial charge in [-0.1, -0.05) is 15.9 Å². The number of carbonyl (C=O) groups excluding carboxylic acids is 1. The van der Waals surface area contributed by atoms with Crippen LogP contribution in [0.2, 0.25) is 0 Å². The normalized spacial score (nSPS) is 12.6. The number of hydrogen-bond donors (Lipinski definition) is 1. The van der Waals surface area contributed by atoms with Crippen molar-refractivity contribution < 1.29 is 4.79 Å². The van der Waals surface area contributed by atoms with E-state index in [1.165, 1.54) is 0 Å². The Morgan fingerprint density at radius 2 is 2.38 bits per heavy atom. The number of aryl methyl sites for hydroxylation is 2. The van der Waals surface area contributed by atoms with Gasteiger partial charge in [0, 0.05) is 13.1 Å². The second kappa shape index (κ2) is 3.91. The van der Waals surface area contributed by atoms with Crippen molar-refractivity contribution >= 4 is 27.7 Å². The number of halogens is 1. The summed E-state index contributed by atoms with van der Waals surface area (Å²) in [5.41, 5.74) is 0.889. The molecule has 1 rings (SSSR count). The molecule has 1 aromatic heterocycles. The molecule has 72 valence electrons. The zero-order valence-electron chi connectivity index (χ0n) is 7.84. The molecule has 0 radical (unpaired) electrons. The van der Waals surface area contributed by atoms with Crippen molar-refractivity contribution in [1.29, 1.82) is 0 Å². The van der Waals surface area contributed by atoms with Gasteiger partial charge in [0.05, 0.1) is 10.5 Å². The monoisotopic (exact) mass is 245 g/mol. The van der Waals surface area contributed by atoms with E-state index in [9.17, 15) is 4.79 Å². The highest BCUT2D eigenvalue weighted by Gasteiger charge is 2.10. The Morgan fingerprint density at radius 3 is 2.77 bits per heavy atom. The lowest BCUT2D eigenvalue weighted by Gasteiger charge is -2.05. The number of nitrogens with one attached hydrogen (secondary N) is 1. The number of rotatable bonds is 2. The molecular formula is C8H12BrN3O. The first-order valence-corrected chi connectivity index (χ1v) is 4.88. The summed E-state index contributed by atoms with van der Waals surface area (Å²) < 4.78 is 1.64. The average molecular weight is 246 g/mol. The molecule has 1 aromatic rings. The highest BCUT2D eigenvalue weighted by molar-refractivity contribution is 9.10. The number of alkyl halides is 1. The molecule has 1 N–H and O–H groups in total. The lowest BCUT2D eigenvalue weighted by Crippen LogP contribution is -2.21. The van der Waals surface area contributed by atoms with E-state index in [0.717, 1.165) is 5.69 Å². The predicted molar refractivity (Wildman–Crippen MR) is 55.0 cm³/mol. The SMILES string of the molecule is Cc1cc(NC(=O)C(C)Br)n(C)n1. The highest BCUT2D eigenvalue weighted by atomic mass is 79.9. The molecule has 0 fully saturated rings. The van der Waals surface area contributed by atoms with Crippen LogP contribution < -0.4 is 5.32 Å². The van der Waals surface area contributed by atoms with Crippen LogP contribution >= 0.6 is 15.9 Å². The third kappa shape index (κ3) is 2.55. The van der Waals surface area contributed by atoms with E-state index in [1.807, 2.05) is 13.0 Å². The van der Waals surface area contributed by atoms with E-state index in [1.54, 1.807) is 18.7 Å². The van der Waals surface area contributed by atoms with Crippen molar-refractivity contribution in [1.82, 2.24) is 9.78 Å². The Morgan fingerprint density at radius 1 is 1.77 bits per heavy atom. The van der Waals surface area contributed by atoms with E-state index >= 15 is 0 Å². The second-order valence-electron chi connectivity index (χ2n) is 2.90. The second-order valence-corrected chi connectivity index (χ2v) is 4.27. The van der Waals surface area contributed by atoms with Gasteiger partial charge in [0.2, 0.25) is 5.91 Å². The number of anilines is 1. The molecule has 1 atom stereocenters. The topological polar surface area (TPSA) is 46.9 Å². The number of carbonyl (C=O) groups is 1. The van der Waals surface area contributed by atoms with E-state index < -0.39 is 0 Å². The van der Waals surface area contributed by atoms with Gasteiger partial charge in [0.1, 0.15) is 5.82 Å². The lowest BCUT2D eigenvalue weighted by atomic mass is 10.4. The van der Waals surface area contributed by atoms with Crippen LogP contribution in [0.4, 0.5) is 5.82 Å². The van der Waals surface area contributed by atoms with Crippen LogP contribution in [-0.4, -0.2) is 20.5 Å². The molecule has 0 spiro atoms. The fourth-order valence-corrected chi connectivity index (χ4v) is 1.07. The van der Waals surface area contributed by atoms with Crippen molar-refractivity contribution in [3.63, 3.8) is 0 Å². The average Bonchev–Trinajstić information content (AvgIpc) is 2.30. The summed E-state index contributed by atoms with van der Waals surface area (Å²) in [6, 6.07) is 1.83. The summed E-state index contributed by atoms with van der Waals surface area (Å²) in [5.74, 6) is 0.650. The Labute approximate surface area is 85.4 Å². The van der Waals surface area contributed by atoms with Gasteiger partial charge in [-0.2, -0.15) is 5.10 Å². The molecule has 5 heteroatoms. The van der Waals surface area contributed by atoms with Crippen molar-refractivity contribution in [2.45, 2.75) is 18.7 Å². The minimum Gasteiger partial charge on any atom is -0.310 e. The molecule has 0 aliphatic rings. The molecule has 4 nitrogen and oxygen atoms in total. The number of nitrogens with zero attached hydrogens (tertiary/aromatic N) is 2. The molecule has 13 heavy (non-hydrogen) atoms. The summed E-state index contributed by atoms with van der Waals surface area (Å²) in [5, 5.41) is 6.86. The van der Waals surface area contributed by atoms with Gasteiger partial charge in [0.15, 0.2) is 0 Å².